The lowest BCUT2D eigenvalue weighted by molar-refractivity contribution is -0.148. The Bertz CT molecular complexity index is 3220. The number of carbonyl (C=O) groups excluding carboxylic acids is 12. The second kappa shape index (κ2) is 48.0. The highest BCUT2D eigenvalue weighted by atomic mass is 16.6. The maximum atomic E-state index is 14.8. The molecule has 13 amide bonds. The predicted octanol–water partition coefficient (Wildman–Crippen LogP) is 3.48. The first kappa shape index (κ1) is 91.7. The highest BCUT2D eigenvalue weighted by Crippen LogP contribution is 2.31. The van der Waals surface area contributed by atoms with Gasteiger partial charge in [0, 0.05) is 85.2 Å². The Kier molecular flexibility index (Phi) is 40.8. The lowest BCUT2D eigenvalue weighted by Gasteiger charge is -2.41. The number of ether oxygens (including phenoxy) is 7. The lowest BCUT2D eigenvalue weighted by Crippen LogP contribution is -2.60. The summed E-state index contributed by atoms with van der Waals surface area (Å²) in [5.74, 6) is -6.66. The lowest BCUT2D eigenvalue weighted by atomic mass is 9.89. The van der Waals surface area contributed by atoms with Crippen LogP contribution < -0.4 is 43.0 Å². The summed E-state index contributed by atoms with van der Waals surface area (Å²) in [6, 6.07) is 8.61. The van der Waals surface area contributed by atoms with Gasteiger partial charge in [-0.25, -0.2) is 9.59 Å². The van der Waals surface area contributed by atoms with E-state index in [0.29, 0.717) is 42.6 Å². The van der Waals surface area contributed by atoms with E-state index in [0.717, 1.165) is 17.1 Å². The van der Waals surface area contributed by atoms with Gasteiger partial charge in [-0.15, -0.1) is 0 Å². The number of aliphatic hydroxyl groups excluding tert-OH is 1. The number of benzene rings is 2. The molecule has 108 heavy (non-hydrogen) atoms. The minimum Gasteiger partial charge on any atom is -0.445 e. The normalized spacial score (nSPS) is 16.6. The molecule has 604 valence electrons. The zero-order valence-electron chi connectivity index (χ0n) is 65.4. The van der Waals surface area contributed by atoms with Crippen molar-refractivity contribution in [3.8, 4) is 0 Å². The van der Waals surface area contributed by atoms with E-state index in [1.807, 2.05) is 32.0 Å². The van der Waals surface area contributed by atoms with Crippen molar-refractivity contribution in [2.45, 2.75) is 188 Å². The Balaban J connectivity index is 1.26. The average molecular weight is 1520 g/mol. The van der Waals surface area contributed by atoms with Crippen molar-refractivity contribution < 1.29 is 95.8 Å². The van der Waals surface area contributed by atoms with Crippen LogP contribution in [0.2, 0.25) is 0 Å². The molecule has 1 fully saturated rings. The summed E-state index contributed by atoms with van der Waals surface area (Å²) >= 11 is 0. The molecule has 1 saturated heterocycles. The van der Waals surface area contributed by atoms with Crippen LogP contribution in [0.3, 0.4) is 0 Å². The molecular weight excluding hydrogens is 1400 g/mol. The maximum absolute atomic E-state index is 14.8. The number of likely N-dealkylation sites (N-methyl/N-ethyl adjacent to an activating group) is 2. The third-order valence-electron chi connectivity index (χ3n) is 19.2. The van der Waals surface area contributed by atoms with Crippen molar-refractivity contribution in [1.82, 2.24) is 51.5 Å². The summed E-state index contributed by atoms with van der Waals surface area (Å²) in [6.45, 7) is 20.4. The van der Waals surface area contributed by atoms with Crippen LogP contribution in [0.25, 0.3) is 0 Å². The summed E-state index contributed by atoms with van der Waals surface area (Å²) in [7, 11) is 6.07. The molecule has 0 spiro atoms. The Morgan fingerprint density at radius 2 is 1.24 bits per heavy atom. The molecule has 0 aromatic heterocycles. The van der Waals surface area contributed by atoms with Crippen molar-refractivity contribution in [1.29, 1.82) is 0 Å². The number of rotatable bonds is 50. The molecule has 0 radical (unpaired) electrons. The van der Waals surface area contributed by atoms with Crippen LogP contribution >= 0.6 is 0 Å². The van der Waals surface area contributed by atoms with Crippen LogP contribution in [0.4, 0.5) is 15.3 Å². The van der Waals surface area contributed by atoms with Crippen LogP contribution in [0.5, 0.6) is 0 Å². The maximum Gasteiger partial charge on any atom is 0.410 e. The van der Waals surface area contributed by atoms with E-state index in [1.165, 1.54) is 26.2 Å². The molecule has 0 saturated carbocycles. The minimum absolute atomic E-state index is 0.000872. The number of anilines is 1. The summed E-state index contributed by atoms with van der Waals surface area (Å²) in [4.78, 5) is 164. The molecule has 2 aliphatic heterocycles. The van der Waals surface area contributed by atoms with Crippen LogP contribution in [-0.4, -0.2) is 258 Å². The van der Waals surface area contributed by atoms with Gasteiger partial charge in [-0.1, -0.05) is 111 Å². The molecule has 4 rings (SSSR count). The quantitative estimate of drug-likeness (QED) is 0.0338. The number of hydrogen-bond acceptors (Lipinski definition) is 20. The summed E-state index contributed by atoms with van der Waals surface area (Å²) in [5.41, 5.74) is 6.77. The van der Waals surface area contributed by atoms with Gasteiger partial charge in [0.05, 0.1) is 102 Å². The fourth-order valence-electron chi connectivity index (χ4n) is 12.8. The average Bonchev–Trinajstić information content (AvgIpc) is 1.77. The van der Waals surface area contributed by atoms with Gasteiger partial charge < -0.3 is 91.0 Å². The SMILES string of the molecule is CC[C@H](C)[C@@H]([C@@H](CC(=O)N1CCC[C@H]1[C@H](OC)[C@@H](C)C(=O)N[C@H](C)[C@@H](O)c1ccccc1)OC)N(C)C(=O)[C@@H](NC(=O)[C@H](C(C)C)N(C)C(=O)OCc1ccc(NC(=O)[C@H](CCCNC(N)=O)NC(=O)[C@@H](NC(=O)CCOCCOCCOCCOCCNC(=O)CCN2C(=O)C=CC2=O)C(C)C)cc1)C(C)C. The zero-order chi connectivity index (χ0) is 80.2. The molecule has 0 unspecified atom stereocenters. The van der Waals surface area contributed by atoms with E-state index < -0.39 is 138 Å². The number of carbonyl (C=O) groups is 12. The standard InChI is InChI=1S/C76H120N12O20/c1-15-50(8)67(58(102-13)45-63(93)87-35-20-24-57(87)69(103-14)51(9)70(95)80-52(10)68(94)54-21-17-16-18-22-54)85(11)74(99)65(48(4)5)84-73(98)66(49(6)7)86(12)76(101)108-46-53-25-27-55(28-26-53)81-71(96)56(23-19-33-79-75(77)100)82-72(97)64(47(2)3)83-60(90)32-37-104-39-41-106-43-44-107-42-40-105-38-34-78-59(89)31-36-88-61(91)29-30-62(88)92/h16-18,21-22,25-30,47-52,56-58,64-69,94H,15,19-20,23-24,31-46H2,1-14H3,(H,78,89)(H,80,95)(H,81,96)(H,82,97)(H,83,90)(H,84,98)(H3,77,79,100)/t50-,51+,52+,56-,57-,58+,64-,65-,66-,67-,68+,69+/m0/s1. The van der Waals surface area contributed by atoms with Gasteiger partial charge in [0.15, 0.2) is 0 Å². The number of likely N-dealkylation sites (tertiary alicyclic amines) is 1. The number of nitrogens with two attached hydrogens (primary N) is 1. The number of imide groups is 1. The van der Waals surface area contributed by atoms with E-state index in [9.17, 15) is 62.6 Å². The van der Waals surface area contributed by atoms with Gasteiger partial charge in [0.2, 0.25) is 47.3 Å². The van der Waals surface area contributed by atoms with Gasteiger partial charge in [0.1, 0.15) is 30.8 Å². The number of methoxy groups -OCH3 is 2. The van der Waals surface area contributed by atoms with E-state index in [4.69, 9.17) is 38.9 Å². The van der Waals surface area contributed by atoms with Crippen molar-refractivity contribution in [2.75, 3.05) is 113 Å². The number of aliphatic hydroxyl groups is 1. The fourth-order valence-corrected chi connectivity index (χ4v) is 12.8. The molecule has 2 heterocycles. The molecule has 2 aromatic rings. The Hall–Kier alpha value is -8.66. The van der Waals surface area contributed by atoms with Crippen LogP contribution in [-0.2, 0) is 87.7 Å². The van der Waals surface area contributed by atoms with Gasteiger partial charge in [-0.05, 0) is 79.5 Å². The van der Waals surface area contributed by atoms with E-state index >= 15 is 0 Å². The third-order valence-corrected chi connectivity index (χ3v) is 19.2. The second-order valence-corrected chi connectivity index (χ2v) is 28.3. The summed E-state index contributed by atoms with van der Waals surface area (Å²) < 4.78 is 39.8. The first-order valence-corrected chi connectivity index (χ1v) is 37.4. The Morgan fingerprint density at radius 1 is 0.639 bits per heavy atom. The highest BCUT2D eigenvalue weighted by molar-refractivity contribution is 6.13. The second-order valence-electron chi connectivity index (χ2n) is 28.3. The Morgan fingerprint density at radius 3 is 1.81 bits per heavy atom. The highest BCUT2D eigenvalue weighted by Gasteiger charge is 2.44. The molecule has 2 aromatic carbocycles. The minimum atomic E-state index is -1.13. The van der Waals surface area contributed by atoms with Gasteiger partial charge >= 0.3 is 12.1 Å². The molecular formula is C76H120N12O20. The van der Waals surface area contributed by atoms with Crippen LogP contribution in [0.1, 0.15) is 138 Å². The fraction of sp³-hybridized carbons (Fsp3) is 0.658. The number of primary amides is 1. The molecule has 0 bridgehead atoms. The largest absolute Gasteiger partial charge is 0.445 e. The van der Waals surface area contributed by atoms with Gasteiger partial charge in [-0.3, -0.25) is 57.7 Å². The molecule has 12 atom stereocenters. The number of hydrogen-bond donors (Lipinski definition) is 9. The number of nitrogens with one attached hydrogen (secondary N) is 7. The zero-order valence-corrected chi connectivity index (χ0v) is 65.4. The van der Waals surface area contributed by atoms with Crippen LogP contribution in [0.15, 0.2) is 66.7 Å². The smallest absolute Gasteiger partial charge is 0.410 e. The van der Waals surface area contributed by atoms with E-state index in [2.05, 4.69) is 37.2 Å². The van der Waals surface area contributed by atoms with E-state index in [1.54, 1.807) is 109 Å². The van der Waals surface area contributed by atoms with Crippen molar-refractivity contribution >= 4 is 76.9 Å². The van der Waals surface area contributed by atoms with Crippen LogP contribution in [0, 0.1) is 29.6 Å². The van der Waals surface area contributed by atoms with Gasteiger partial charge in [0.25, 0.3) is 11.8 Å². The number of nitrogens with zero attached hydrogens (tertiary/aromatic N) is 4. The monoisotopic (exact) mass is 1520 g/mol. The summed E-state index contributed by atoms with van der Waals surface area (Å²) in [5, 5.41) is 30.3. The third kappa shape index (κ3) is 30.1. The van der Waals surface area contributed by atoms with Crippen molar-refractivity contribution in [3.05, 3.63) is 77.9 Å². The molecule has 10 N–H and O–H groups in total. The van der Waals surface area contributed by atoms with Gasteiger partial charge in [-0.2, -0.15) is 0 Å². The first-order valence-electron chi connectivity index (χ1n) is 37.4. The predicted molar refractivity (Wildman–Crippen MR) is 400 cm³/mol. The number of amides is 13. The summed E-state index contributed by atoms with van der Waals surface area (Å²) in [6.07, 6.45) is 1.08. The molecule has 0 aliphatic carbocycles. The molecule has 32 heteroatoms. The molecule has 32 nitrogen and oxygen atoms in total. The molecule has 2 aliphatic rings. The van der Waals surface area contributed by atoms with E-state index in [-0.39, 0.29) is 135 Å². The Labute approximate surface area is 635 Å². The topological polar surface area (TPSA) is 413 Å². The number of urea groups is 1. The first-order chi connectivity index (χ1) is 51.4. The van der Waals surface area contributed by atoms with Crippen molar-refractivity contribution in [2.24, 2.45) is 35.3 Å². The van der Waals surface area contributed by atoms with Crippen molar-refractivity contribution in [3.63, 3.8) is 0 Å².